The Bertz CT molecular complexity index is 1430. The smallest absolute Gasteiger partial charge is 0.270 e. The number of nitrogens with one attached hydrogen (secondary N) is 1. The van der Waals surface area contributed by atoms with Crippen LogP contribution in [0.15, 0.2) is 78.4 Å². The minimum Gasteiger partial charge on any atom is -0.457 e. The van der Waals surface area contributed by atoms with Crippen LogP contribution in [-0.4, -0.2) is 31.9 Å². The van der Waals surface area contributed by atoms with Crippen molar-refractivity contribution in [1.29, 1.82) is 0 Å². The van der Waals surface area contributed by atoms with Gasteiger partial charge in [0.05, 0.1) is 11.2 Å². The van der Waals surface area contributed by atoms with E-state index in [1.807, 2.05) is 36.4 Å². The predicted octanol–water partition coefficient (Wildman–Crippen LogP) is 3.59. The fourth-order valence-electron chi connectivity index (χ4n) is 3.49. The molecule has 0 unspecified atom stereocenters. The van der Waals surface area contributed by atoms with Gasteiger partial charge in [0.1, 0.15) is 22.6 Å². The Labute approximate surface area is 194 Å². The monoisotopic (exact) mass is 455 g/mol. The summed E-state index contributed by atoms with van der Waals surface area (Å²) < 4.78 is 7.45. The van der Waals surface area contributed by atoms with Crippen LogP contribution in [0, 0.1) is 0 Å². The number of nitrogens with zero attached hydrogens (tertiary/aromatic N) is 4. The number of carbonyl (C=O) groups is 2. The van der Waals surface area contributed by atoms with Crippen molar-refractivity contribution in [3.63, 3.8) is 0 Å². The van der Waals surface area contributed by atoms with Crippen LogP contribution in [0.4, 0.5) is 5.69 Å². The van der Waals surface area contributed by atoms with Crippen molar-refractivity contribution in [3.8, 4) is 11.5 Å². The molecule has 0 bridgehead atoms. The third-order valence-electron chi connectivity index (χ3n) is 5.12. The molecule has 0 spiro atoms. The second kappa shape index (κ2) is 8.29. The maximum atomic E-state index is 13.2. The van der Waals surface area contributed by atoms with Crippen LogP contribution in [0.2, 0.25) is 0 Å². The number of ether oxygens (including phenoxy) is 1. The highest BCUT2D eigenvalue weighted by molar-refractivity contribution is 7.80. The lowest BCUT2D eigenvalue weighted by Gasteiger charge is -2.29. The lowest BCUT2D eigenvalue weighted by Crippen LogP contribution is -2.54. The first-order valence-electron chi connectivity index (χ1n) is 10.0. The largest absolute Gasteiger partial charge is 0.457 e. The number of anilines is 1. The van der Waals surface area contributed by atoms with Gasteiger partial charge in [-0.3, -0.25) is 19.8 Å². The molecule has 5 rings (SSSR count). The van der Waals surface area contributed by atoms with E-state index < -0.39 is 11.8 Å². The molecule has 1 saturated heterocycles. The van der Waals surface area contributed by atoms with Crippen molar-refractivity contribution in [1.82, 2.24) is 20.3 Å². The zero-order valence-corrected chi connectivity index (χ0v) is 18.2. The maximum absolute atomic E-state index is 13.2. The van der Waals surface area contributed by atoms with E-state index in [1.54, 1.807) is 48.1 Å². The summed E-state index contributed by atoms with van der Waals surface area (Å²) in [6, 6.07) is 21.7. The van der Waals surface area contributed by atoms with Crippen molar-refractivity contribution >= 4 is 51.9 Å². The summed E-state index contributed by atoms with van der Waals surface area (Å²) in [6.07, 6.45) is 1.52. The van der Waals surface area contributed by atoms with E-state index in [-0.39, 0.29) is 10.7 Å². The Morgan fingerprint density at radius 3 is 2.45 bits per heavy atom. The molecule has 9 heteroatoms. The number of hydrogen-bond donors (Lipinski definition) is 1. The molecule has 162 valence electrons. The molecular formula is C24H17N5O3S. The molecule has 2 amide bonds. The van der Waals surface area contributed by atoms with Crippen molar-refractivity contribution in [2.24, 2.45) is 7.05 Å². The number of carbonyl (C=O) groups excluding carboxylic acids is 2. The van der Waals surface area contributed by atoms with Crippen LogP contribution in [0.5, 0.6) is 11.5 Å². The van der Waals surface area contributed by atoms with Gasteiger partial charge in [0, 0.05) is 7.05 Å². The summed E-state index contributed by atoms with van der Waals surface area (Å²) in [4.78, 5) is 27.1. The average molecular weight is 455 g/mol. The van der Waals surface area contributed by atoms with Crippen molar-refractivity contribution in [3.05, 3.63) is 83.9 Å². The van der Waals surface area contributed by atoms with E-state index in [2.05, 4.69) is 15.6 Å². The van der Waals surface area contributed by atoms with Gasteiger partial charge in [-0.05, 0) is 72.4 Å². The first-order valence-corrected chi connectivity index (χ1v) is 10.4. The zero-order valence-electron chi connectivity index (χ0n) is 17.4. The van der Waals surface area contributed by atoms with Gasteiger partial charge in [-0.1, -0.05) is 29.5 Å². The van der Waals surface area contributed by atoms with Gasteiger partial charge in [0.2, 0.25) is 0 Å². The molecule has 3 aromatic carbocycles. The molecular weight excluding hydrogens is 438 g/mol. The van der Waals surface area contributed by atoms with Gasteiger partial charge in [-0.15, -0.1) is 5.10 Å². The zero-order chi connectivity index (χ0) is 22.9. The fourth-order valence-corrected chi connectivity index (χ4v) is 3.77. The molecule has 2 heterocycles. The van der Waals surface area contributed by atoms with Crippen LogP contribution < -0.4 is 15.0 Å². The first kappa shape index (κ1) is 20.5. The van der Waals surface area contributed by atoms with E-state index in [0.717, 1.165) is 5.52 Å². The van der Waals surface area contributed by atoms with Gasteiger partial charge in [0.15, 0.2) is 5.11 Å². The topological polar surface area (TPSA) is 89.3 Å². The maximum Gasteiger partial charge on any atom is 0.270 e. The van der Waals surface area contributed by atoms with Crippen LogP contribution in [0.3, 0.4) is 0 Å². The van der Waals surface area contributed by atoms with Crippen LogP contribution in [-0.2, 0) is 16.6 Å². The van der Waals surface area contributed by atoms with Gasteiger partial charge in [-0.2, -0.15) is 0 Å². The summed E-state index contributed by atoms with van der Waals surface area (Å²) in [6.45, 7) is 0. The van der Waals surface area contributed by atoms with Gasteiger partial charge in [0.25, 0.3) is 11.8 Å². The normalized spacial score (nSPS) is 15.2. The third-order valence-corrected chi connectivity index (χ3v) is 5.41. The fraction of sp³-hybridized carbons (Fsp3) is 0.0417. The molecule has 1 aliphatic rings. The quantitative estimate of drug-likeness (QED) is 0.287. The van der Waals surface area contributed by atoms with E-state index in [1.165, 1.54) is 11.0 Å². The van der Waals surface area contributed by atoms with Gasteiger partial charge >= 0.3 is 0 Å². The SMILES string of the molecule is Cn1nnc2cc(/C=C3/C(=O)NC(=S)N(c4ccc(Oc5ccccc5)cc4)C3=O)ccc21. The first-order chi connectivity index (χ1) is 16.0. The lowest BCUT2D eigenvalue weighted by atomic mass is 10.1. The standard InChI is InChI=1S/C24H17N5O3S/c1-28-21-12-7-15(14-20(21)26-27-28)13-19-22(30)25-24(33)29(23(19)31)16-8-10-18(11-9-16)32-17-5-3-2-4-6-17/h2-14H,1H3,(H,25,30,33)/b19-13-. The van der Waals surface area contributed by atoms with Crippen LogP contribution in [0.25, 0.3) is 17.1 Å². The number of fused-ring (bicyclic) bond motifs is 1. The Morgan fingerprint density at radius 1 is 0.970 bits per heavy atom. The number of aromatic nitrogens is 3. The highest BCUT2D eigenvalue weighted by Crippen LogP contribution is 2.27. The number of para-hydroxylation sites is 1. The van der Waals surface area contributed by atoms with Crippen molar-refractivity contribution in [2.45, 2.75) is 0 Å². The molecule has 1 aromatic heterocycles. The molecule has 0 aliphatic carbocycles. The highest BCUT2D eigenvalue weighted by Gasteiger charge is 2.34. The predicted molar refractivity (Wildman–Crippen MR) is 128 cm³/mol. The second-order valence-corrected chi connectivity index (χ2v) is 7.71. The number of aryl methyl sites for hydroxylation is 1. The van der Waals surface area contributed by atoms with Crippen LogP contribution >= 0.6 is 12.2 Å². The van der Waals surface area contributed by atoms with Gasteiger partial charge < -0.3 is 4.74 Å². The van der Waals surface area contributed by atoms with Crippen molar-refractivity contribution < 1.29 is 14.3 Å². The Morgan fingerprint density at radius 2 is 1.70 bits per heavy atom. The van der Waals surface area contributed by atoms with E-state index in [0.29, 0.717) is 28.3 Å². The summed E-state index contributed by atoms with van der Waals surface area (Å²) in [5.74, 6) is 0.244. The van der Waals surface area contributed by atoms with Gasteiger partial charge in [-0.25, -0.2) is 4.68 Å². The van der Waals surface area contributed by atoms with E-state index >= 15 is 0 Å². The molecule has 0 radical (unpaired) electrons. The lowest BCUT2D eigenvalue weighted by molar-refractivity contribution is -0.122. The molecule has 8 nitrogen and oxygen atoms in total. The minimum atomic E-state index is -0.551. The highest BCUT2D eigenvalue weighted by atomic mass is 32.1. The third kappa shape index (κ3) is 3.97. The summed E-state index contributed by atoms with van der Waals surface area (Å²) in [7, 11) is 1.79. The molecule has 4 aromatic rings. The molecule has 0 atom stereocenters. The minimum absolute atomic E-state index is 0.0169. The second-order valence-electron chi connectivity index (χ2n) is 7.33. The molecule has 1 N–H and O–H groups in total. The molecule has 1 fully saturated rings. The number of amides is 2. The Kier molecular flexibility index (Phi) is 5.15. The molecule has 0 saturated carbocycles. The molecule has 33 heavy (non-hydrogen) atoms. The average Bonchev–Trinajstić information content (AvgIpc) is 3.18. The van der Waals surface area contributed by atoms with Crippen LogP contribution in [0.1, 0.15) is 5.56 Å². The number of thiocarbonyl (C=S) groups is 1. The number of rotatable bonds is 4. The molecule has 1 aliphatic heterocycles. The number of hydrogen-bond acceptors (Lipinski definition) is 6. The number of benzene rings is 3. The van der Waals surface area contributed by atoms with E-state index in [4.69, 9.17) is 17.0 Å². The summed E-state index contributed by atoms with van der Waals surface area (Å²) in [5.41, 5.74) is 2.65. The summed E-state index contributed by atoms with van der Waals surface area (Å²) >= 11 is 5.28. The Hall–Kier alpha value is -4.37. The van der Waals surface area contributed by atoms with E-state index in [9.17, 15) is 9.59 Å². The summed E-state index contributed by atoms with van der Waals surface area (Å²) in [5, 5.41) is 10.7. The van der Waals surface area contributed by atoms with Crippen molar-refractivity contribution in [2.75, 3.05) is 4.90 Å². The Balaban J connectivity index is 1.43.